The Bertz CT molecular complexity index is 5820. The molecule has 0 radical (unpaired) electrons. The number of hydrogen-bond acceptors (Lipinski definition) is 23. The molecule has 37 heteroatoms. The predicted molar refractivity (Wildman–Crippen MR) is 466 cm³/mol. The van der Waals surface area contributed by atoms with E-state index in [2.05, 4.69) is 66.4 Å². The third-order valence-electron chi connectivity index (χ3n) is 17.6. The Hall–Kier alpha value is -12.9. The van der Waals surface area contributed by atoms with E-state index < -0.39 is 29.3 Å². The van der Waals surface area contributed by atoms with Crippen LogP contribution in [-0.2, 0) is 23.7 Å². The number of amides is 1. The van der Waals surface area contributed by atoms with Gasteiger partial charge in [0.1, 0.15) is 0 Å². The van der Waals surface area contributed by atoms with Crippen molar-refractivity contribution in [2.24, 2.45) is 10.7 Å². The van der Waals surface area contributed by atoms with Crippen LogP contribution in [0.3, 0.4) is 0 Å². The summed E-state index contributed by atoms with van der Waals surface area (Å²) in [6.07, 6.45) is -4.76. The van der Waals surface area contributed by atoms with Gasteiger partial charge in [-0.15, -0.1) is 15.3 Å². The number of anilines is 1. The minimum Gasteiger partial charge on any atom is -0.870 e. The van der Waals surface area contributed by atoms with Crippen molar-refractivity contribution in [1.29, 1.82) is 0 Å². The fraction of sp³-hybridized carbons (Fsp3) is 0.225. The molecule has 2 unspecified atom stereocenters. The van der Waals surface area contributed by atoms with Crippen LogP contribution >= 0.6 is 11.6 Å². The van der Waals surface area contributed by atoms with Crippen LogP contribution in [0.5, 0.6) is 0 Å². The minimum atomic E-state index is -4.76. The summed E-state index contributed by atoms with van der Waals surface area (Å²) in [6.45, 7) is 20.3. The first-order chi connectivity index (χ1) is 58.6. The number of tetrazole rings is 3. The summed E-state index contributed by atoms with van der Waals surface area (Å²) < 4.78 is 66.4. The molecule has 10 aromatic carbocycles. The van der Waals surface area contributed by atoms with Crippen molar-refractivity contribution in [3.63, 3.8) is 0 Å². The number of methoxy groups -OCH3 is 5. The topological polar surface area (TPSA) is 448 Å². The Labute approximate surface area is 765 Å². The van der Waals surface area contributed by atoms with Crippen LogP contribution in [0.25, 0.3) is 88.7 Å². The van der Waals surface area contributed by atoms with Gasteiger partial charge in [-0.3, -0.25) is 9.71 Å². The van der Waals surface area contributed by atoms with Crippen molar-refractivity contribution in [3.05, 3.63) is 301 Å². The first-order valence-electron chi connectivity index (χ1n) is 37.5. The van der Waals surface area contributed by atoms with Crippen molar-refractivity contribution in [1.82, 2.24) is 65.9 Å². The van der Waals surface area contributed by atoms with Gasteiger partial charge < -0.3 is 62.1 Å². The van der Waals surface area contributed by atoms with E-state index in [0.29, 0.717) is 70.0 Å². The van der Waals surface area contributed by atoms with Crippen LogP contribution in [0.2, 0.25) is 0 Å². The van der Waals surface area contributed by atoms with Gasteiger partial charge in [0, 0.05) is 37.6 Å². The summed E-state index contributed by atoms with van der Waals surface area (Å²) >= 11 is 5.19. The summed E-state index contributed by atoms with van der Waals surface area (Å²) in [6, 6.07) is 65.2. The molecule has 0 saturated carbocycles. The minimum absolute atomic E-state index is 0. The van der Waals surface area contributed by atoms with Gasteiger partial charge in [-0.25, -0.2) is 24.2 Å². The molecule has 0 aliphatic carbocycles. The zero-order valence-corrected chi connectivity index (χ0v) is 75.3. The number of ether oxygens (including phenoxy) is 5. The number of carbonyl (C=O) groups is 5. The number of carboxylic acid groups (broad SMARTS) is 1. The quantitative estimate of drug-likeness (QED) is 0.00853. The fourth-order valence-electron chi connectivity index (χ4n) is 11.5. The number of aromatic carboxylic acids is 1. The second-order valence-electron chi connectivity index (χ2n) is 27.7. The summed E-state index contributed by atoms with van der Waals surface area (Å²) in [5, 5.41) is 45.3. The average molecular weight is 1740 g/mol. The van der Waals surface area contributed by atoms with Gasteiger partial charge in [0.25, 0.3) is 5.91 Å². The number of esters is 3. The standard InChI is InChI=1S/C20H23N5O2.C17H13ClF3NO2.C17H16N4O2.C16H14N4O2.C15H15NO2.C4H11NO.Li.N3.Na.H2O/c1-13-5-7-16(8-6-13)17-9-18(20(26)21-14(2)12-27-4)11-19(10-17)25-15(3)22-23-24-25;1-10-3-5-11(6-4-10)12-7-13(15(23)24-2)9-14(8-12)22-16(18)17(19,20)21;1-11-4-6-13(7-5-11)14-8-15(17(22)23-3)10-16(9-14)21-12(2)18-19-20-21;1-10-3-5-12(6-4-10)13-7-14(16(21)22)9-15(8-13)20-11(2)17-18-19-20;1-10-3-5-11(6-4-10)12-7-13(15(17)18-2)9-14(16)8-12;1-4(5)3-6-2;;1-3-2;;/h5-11,14H,12H2,1-4H3,(H,21,26);3-9H,1-2H3;4-10H,1-3H3;3-9H,1-2H3,(H,21,22);3-9H,16H2,1-2H3;4H,3,5H2,1-2H3;;;;1H2/q;;;;;;+1;-1;+1;/p-1. The second kappa shape index (κ2) is 51.4. The van der Waals surface area contributed by atoms with Crippen molar-refractivity contribution in [3.8, 4) is 72.7 Å². The zero-order valence-electron chi connectivity index (χ0n) is 72.6. The molecule has 0 spiro atoms. The van der Waals surface area contributed by atoms with Crippen molar-refractivity contribution in [2.45, 2.75) is 87.5 Å². The summed E-state index contributed by atoms with van der Waals surface area (Å²) in [5.41, 5.74) is 43.4. The van der Waals surface area contributed by atoms with Gasteiger partial charge >= 0.3 is 78.5 Å². The van der Waals surface area contributed by atoms with E-state index in [-0.39, 0.29) is 94.7 Å². The monoisotopic (exact) mass is 1740 g/mol. The van der Waals surface area contributed by atoms with E-state index in [1.165, 1.54) is 65.8 Å². The number of aromatic nitrogens is 12. The molecule has 3 aromatic heterocycles. The van der Waals surface area contributed by atoms with Gasteiger partial charge in [0.15, 0.2) is 17.5 Å². The molecule has 646 valence electrons. The Kier molecular flexibility index (Phi) is 43.0. The zero-order chi connectivity index (χ0) is 90.2. The molecule has 3 heterocycles. The number of nitrogens with two attached hydrogens (primary N) is 2. The second-order valence-corrected chi connectivity index (χ2v) is 28.1. The van der Waals surface area contributed by atoms with Gasteiger partial charge in [-0.05, 0) is 247 Å². The van der Waals surface area contributed by atoms with Gasteiger partial charge in [-0.1, -0.05) is 161 Å². The number of alkyl halides is 3. The van der Waals surface area contributed by atoms with Crippen LogP contribution in [0.15, 0.2) is 217 Å². The number of aryl methyl sites for hydroxylation is 8. The number of nitrogens with zero attached hydrogens (tertiary/aromatic N) is 16. The molecule has 0 aliphatic rings. The van der Waals surface area contributed by atoms with E-state index in [1.807, 2.05) is 195 Å². The third-order valence-corrected chi connectivity index (χ3v) is 17.9. The summed E-state index contributed by atoms with van der Waals surface area (Å²) in [7, 11) is 7.16. The Balaban J connectivity index is 0.000000321. The SMILES string of the molecule is COC(=O)c1cc(-c2ccc(C)cc2)cc(-n2nnnc2C)c1.COC(=O)c1cc(N)cc(-c2ccc(C)cc2)c1.COC(=O)c1cc(N=C(Cl)C(F)(F)F)cc(-c2ccc(C)cc2)c1.COCC(C)N.COCC(C)NC(=O)c1cc(-c2ccc(C)cc2)cc(-n2nnnc2C)c1.Cc1ccc(-c2cc(C(=O)O)cc(-n3nnnc3C)c2)cc1.[Li+].[N-]=[N+]=[N-].[Na+].[OH-]. The smallest absolute Gasteiger partial charge is 0.870 e. The number of aliphatic imine (C=N–C) groups is 1. The molecule has 0 saturated heterocycles. The molecular formula is C89H93ClF3LiN19NaO12. The number of hydrogen-bond donors (Lipinski definition) is 4. The number of carbonyl (C=O) groups excluding carboxylic acids is 4. The molecule has 0 bridgehead atoms. The van der Waals surface area contributed by atoms with E-state index in [4.69, 9.17) is 48.3 Å². The van der Waals surface area contributed by atoms with E-state index >= 15 is 0 Å². The van der Waals surface area contributed by atoms with E-state index in [9.17, 15) is 42.3 Å². The van der Waals surface area contributed by atoms with Crippen LogP contribution in [0, 0.1) is 55.4 Å². The fourth-order valence-corrected chi connectivity index (χ4v) is 11.6. The van der Waals surface area contributed by atoms with E-state index in [1.54, 1.807) is 92.0 Å². The van der Waals surface area contributed by atoms with Crippen molar-refractivity contribution < 1.29 is 120 Å². The molecule has 1 amide bonds. The normalized spacial score (nSPS) is 10.9. The summed E-state index contributed by atoms with van der Waals surface area (Å²) in [4.78, 5) is 64.3. The van der Waals surface area contributed by atoms with Crippen molar-refractivity contribution >= 4 is 57.9 Å². The number of halogens is 4. The van der Waals surface area contributed by atoms with Crippen LogP contribution in [0.1, 0.15) is 111 Å². The molecule has 0 aliphatic heterocycles. The first-order valence-corrected chi connectivity index (χ1v) is 37.9. The van der Waals surface area contributed by atoms with Crippen LogP contribution in [0.4, 0.5) is 24.5 Å². The summed E-state index contributed by atoms with van der Waals surface area (Å²) in [5.74, 6) is -0.721. The maximum atomic E-state index is 12.7. The van der Waals surface area contributed by atoms with Gasteiger partial charge in [-0.2, -0.15) is 27.2 Å². The average Bonchev–Trinajstić information content (AvgIpc) is 1.41. The maximum Gasteiger partial charge on any atom is 1.00 e. The number of nitrogens with one attached hydrogen (secondary N) is 1. The number of benzene rings is 10. The van der Waals surface area contributed by atoms with E-state index in [0.717, 1.165) is 66.9 Å². The van der Waals surface area contributed by atoms with Crippen LogP contribution < -0.4 is 65.2 Å². The molecule has 13 aromatic rings. The molecule has 31 nitrogen and oxygen atoms in total. The molecule has 13 rings (SSSR count). The number of nitrogen functional groups attached to an aromatic ring is 1. The number of carboxylic acids is 1. The third kappa shape index (κ3) is 32.0. The van der Waals surface area contributed by atoms with Crippen molar-refractivity contribution in [2.75, 3.05) is 54.5 Å². The van der Waals surface area contributed by atoms with Crippen LogP contribution in [-0.4, -0.2) is 173 Å². The predicted octanol–water partition coefficient (Wildman–Crippen LogP) is 11.1. The maximum absolute atomic E-state index is 12.7. The molecule has 7 N–H and O–H groups in total. The first kappa shape index (κ1) is 105. The Morgan fingerprint density at radius 1 is 0.460 bits per heavy atom. The van der Waals surface area contributed by atoms with Gasteiger partial charge in [0.2, 0.25) is 5.17 Å². The largest absolute Gasteiger partial charge is 1.00 e. The molecule has 126 heavy (non-hydrogen) atoms. The van der Waals surface area contributed by atoms with Gasteiger partial charge in [0.05, 0.1) is 79.5 Å². The Morgan fingerprint density at radius 3 is 1.03 bits per heavy atom. The molecular weight excluding hydrogens is 1650 g/mol. The molecule has 2 atom stereocenters. The molecule has 0 fully saturated rings. The number of rotatable bonds is 19. The Morgan fingerprint density at radius 2 is 0.746 bits per heavy atom.